The van der Waals surface area contributed by atoms with Crippen LogP contribution >= 0.6 is 0 Å². The van der Waals surface area contributed by atoms with Crippen molar-refractivity contribution in [3.8, 4) is 0 Å². The van der Waals surface area contributed by atoms with Gasteiger partial charge in [0, 0.05) is 13.0 Å². The Labute approximate surface area is 117 Å². The first-order chi connectivity index (χ1) is 10.1. The van der Waals surface area contributed by atoms with Gasteiger partial charge in [0.05, 0.1) is 0 Å². The molecule has 3 heterocycles. The minimum absolute atomic E-state index is 0.0764. The minimum atomic E-state index is -2.98. The molecule has 8 nitrogen and oxygen atoms in total. The molecule has 0 amide bonds. The van der Waals surface area contributed by atoms with Gasteiger partial charge in [0.1, 0.15) is 18.1 Å². The van der Waals surface area contributed by atoms with Crippen LogP contribution in [0.25, 0.3) is 0 Å². The molecule has 0 aromatic carbocycles. The van der Waals surface area contributed by atoms with Gasteiger partial charge in [-0.25, -0.2) is 18.3 Å². The van der Waals surface area contributed by atoms with Crippen molar-refractivity contribution in [3.05, 3.63) is 23.0 Å². The van der Waals surface area contributed by atoms with E-state index in [1.165, 1.54) is 0 Å². The van der Waals surface area contributed by atoms with E-state index in [-0.39, 0.29) is 6.54 Å². The number of aryl methyl sites for hydroxylation is 1. The average Bonchev–Trinajstić information content (AvgIpc) is 3.04. The number of hydrogen-bond acceptors (Lipinski definition) is 5. The third kappa shape index (κ3) is 2.36. The van der Waals surface area contributed by atoms with Gasteiger partial charge >= 0.3 is 5.97 Å². The Morgan fingerprint density at radius 1 is 1.29 bits per heavy atom. The number of nitrogens with zero attached hydrogens (tertiary/aromatic N) is 6. The lowest BCUT2D eigenvalue weighted by Crippen LogP contribution is -2.17. The van der Waals surface area contributed by atoms with Crippen molar-refractivity contribution < 1.29 is 18.7 Å². The molecule has 3 rings (SSSR count). The number of alkyl halides is 2. The summed E-state index contributed by atoms with van der Waals surface area (Å²) in [4.78, 5) is 10.9. The third-order valence-corrected chi connectivity index (χ3v) is 3.41. The second-order valence-corrected chi connectivity index (χ2v) is 4.73. The topological polar surface area (TPSA) is 98.7 Å². The summed E-state index contributed by atoms with van der Waals surface area (Å²) in [6.45, 7) is 0.648. The van der Waals surface area contributed by atoms with Crippen LogP contribution < -0.4 is 0 Å². The molecule has 0 unspecified atom stereocenters. The normalized spacial score (nSPS) is 14.4. The highest BCUT2D eigenvalue weighted by molar-refractivity contribution is 5.86. The van der Waals surface area contributed by atoms with E-state index < -0.39 is 23.8 Å². The molecule has 0 saturated carbocycles. The molecular formula is C11H12F2N6O2. The van der Waals surface area contributed by atoms with Crippen LogP contribution in [0.1, 0.15) is 47.1 Å². The van der Waals surface area contributed by atoms with Crippen molar-refractivity contribution in [2.75, 3.05) is 0 Å². The van der Waals surface area contributed by atoms with Gasteiger partial charge in [-0.1, -0.05) is 5.21 Å². The summed E-state index contributed by atoms with van der Waals surface area (Å²) in [6.07, 6.45) is -0.188. The zero-order chi connectivity index (χ0) is 15.0. The smallest absolute Gasteiger partial charge is 0.358 e. The number of aromatic carboxylic acids is 1. The summed E-state index contributed by atoms with van der Waals surface area (Å²) in [5, 5.41) is 23.7. The fourth-order valence-corrected chi connectivity index (χ4v) is 2.42. The fraction of sp³-hybridized carbons (Fsp3) is 0.545. The molecule has 0 fully saturated rings. The summed E-state index contributed by atoms with van der Waals surface area (Å²) in [6, 6.07) is 0. The van der Waals surface area contributed by atoms with Gasteiger partial charge in [0.15, 0.2) is 11.5 Å². The summed E-state index contributed by atoms with van der Waals surface area (Å²) < 4.78 is 28.8. The molecule has 0 aliphatic carbocycles. The molecule has 21 heavy (non-hydrogen) atoms. The van der Waals surface area contributed by atoms with Crippen LogP contribution in [-0.4, -0.2) is 40.8 Å². The number of halogens is 2. The molecular weight excluding hydrogens is 286 g/mol. The maximum absolute atomic E-state index is 13.0. The van der Waals surface area contributed by atoms with E-state index in [0.717, 1.165) is 36.3 Å². The molecule has 0 bridgehead atoms. The van der Waals surface area contributed by atoms with Crippen LogP contribution in [-0.2, 0) is 19.5 Å². The maximum atomic E-state index is 13.0. The molecule has 0 saturated heterocycles. The molecule has 1 N–H and O–H groups in total. The number of fused-ring (bicyclic) bond motifs is 1. The zero-order valence-corrected chi connectivity index (χ0v) is 10.9. The number of hydrogen-bond donors (Lipinski definition) is 1. The highest BCUT2D eigenvalue weighted by Gasteiger charge is 2.27. The van der Waals surface area contributed by atoms with Crippen LogP contribution in [0.2, 0.25) is 0 Å². The quantitative estimate of drug-likeness (QED) is 0.900. The Morgan fingerprint density at radius 3 is 2.81 bits per heavy atom. The van der Waals surface area contributed by atoms with Gasteiger partial charge in [-0.3, -0.25) is 0 Å². The molecule has 0 atom stereocenters. The Kier molecular flexibility index (Phi) is 3.35. The van der Waals surface area contributed by atoms with Gasteiger partial charge < -0.3 is 9.67 Å². The largest absolute Gasteiger partial charge is 0.476 e. The molecule has 10 heteroatoms. The molecule has 1 aliphatic rings. The third-order valence-electron chi connectivity index (χ3n) is 3.41. The number of aromatic nitrogens is 6. The van der Waals surface area contributed by atoms with E-state index in [4.69, 9.17) is 5.11 Å². The summed E-state index contributed by atoms with van der Waals surface area (Å²) in [5.41, 5.74) is -1.45. The van der Waals surface area contributed by atoms with Gasteiger partial charge in [0.2, 0.25) is 0 Å². The molecule has 2 aromatic rings. The van der Waals surface area contributed by atoms with Crippen molar-refractivity contribution >= 4 is 5.97 Å². The van der Waals surface area contributed by atoms with Crippen molar-refractivity contribution in [1.82, 2.24) is 29.8 Å². The van der Waals surface area contributed by atoms with Gasteiger partial charge in [-0.15, -0.1) is 15.3 Å². The highest BCUT2D eigenvalue weighted by Crippen LogP contribution is 2.23. The van der Waals surface area contributed by atoms with E-state index in [1.807, 2.05) is 4.57 Å². The van der Waals surface area contributed by atoms with Crippen molar-refractivity contribution in [1.29, 1.82) is 0 Å². The predicted octanol–water partition coefficient (Wildman–Crippen LogP) is 0.890. The van der Waals surface area contributed by atoms with Crippen LogP contribution in [0.3, 0.4) is 0 Å². The van der Waals surface area contributed by atoms with E-state index >= 15 is 0 Å². The van der Waals surface area contributed by atoms with E-state index in [9.17, 15) is 13.6 Å². The number of carbonyl (C=O) groups is 1. The standard InChI is InChI=1S/C11H12F2N6O2/c12-10(13)9-8(11(20)21)16-17-19(9)5-7-15-14-6-3-1-2-4-18(6)7/h10H,1-5H2,(H,20,21). The molecule has 1 aliphatic heterocycles. The fourth-order valence-electron chi connectivity index (χ4n) is 2.42. The maximum Gasteiger partial charge on any atom is 0.358 e. The number of carboxylic acids is 1. The molecule has 2 aromatic heterocycles. The van der Waals surface area contributed by atoms with Crippen molar-refractivity contribution in [3.63, 3.8) is 0 Å². The number of carboxylic acid groups (broad SMARTS) is 1. The number of rotatable bonds is 4. The van der Waals surface area contributed by atoms with E-state index in [0.29, 0.717) is 5.82 Å². The summed E-state index contributed by atoms with van der Waals surface area (Å²) >= 11 is 0. The Bertz CT molecular complexity index is 680. The van der Waals surface area contributed by atoms with E-state index in [1.54, 1.807) is 0 Å². The van der Waals surface area contributed by atoms with E-state index in [2.05, 4.69) is 20.5 Å². The van der Waals surface area contributed by atoms with Crippen LogP contribution in [0.4, 0.5) is 8.78 Å². The van der Waals surface area contributed by atoms with Crippen LogP contribution in [0, 0.1) is 0 Å². The van der Waals surface area contributed by atoms with Gasteiger partial charge in [-0.05, 0) is 12.8 Å². The highest BCUT2D eigenvalue weighted by atomic mass is 19.3. The second-order valence-electron chi connectivity index (χ2n) is 4.73. The lowest BCUT2D eigenvalue weighted by molar-refractivity contribution is 0.0675. The van der Waals surface area contributed by atoms with Crippen LogP contribution in [0.5, 0.6) is 0 Å². The first kappa shape index (κ1) is 13.6. The van der Waals surface area contributed by atoms with Gasteiger partial charge in [-0.2, -0.15) is 0 Å². The minimum Gasteiger partial charge on any atom is -0.476 e. The van der Waals surface area contributed by atoms with Crippen molar-refractivity contribution in [2.45, 2.75) is 38.8 Å². The average molecular weight is 298 g/mol. The zero-order valence-electron chi connectivity index (χ0n) is 10.9. The lowest BCUT2D eigenvalue weighted by Gasteiger charge is -2.14. The molecule has 112 valence electrons. The summed E-state index contributed by atoms with van der Waals surface area (Å²) in [5.74, 6) is -0.235. The Hall–Kier alpha value is -2.39. The van der Waals surface area contributed by atoms with Crippen LogP contribution in [0.15, 0.2) is 0 Å². The second kappa shape index (κ2) is 5.19. The SMILES string of the molecule is O=C(O)c1nnn(Cc2nnc3n2CCCC3)c1C(F)F. The molecule has 0 radical (unpaired) electrons. The molecule has 0 spiro atoms. The van der Waals surface area contributed by atoms with Crippen molar-refractivity contribution in [2.24, 2.45) is 0 Å². The predicted molar refractivity (Wildman–Crippen MR) is 64.0 cm³/mol. The first-order valence-corrected chi connectivity index (χ1v) is 6.43. The Morgan fingerprint density at radius 2 is 2.10 bits per heavy atom. The monoisotopic (exact) mass is 298 g/mol. The first-order valence-electron chi connectivity index (χ1n) is 6.43. The summed E-state index contributed by atoms with van der Waals surface area (Å²) in [7, 11) is 0. The Balaban J connectivity index is 1.95. The van der Waals surface area contributed by atoms with Gasteiger partial charge in [0.25, 0.3) is 6.43 Å². The lowest BCUT2D eigenvalue weighted by atomic mass is 10.2.